The normalized spacial score (nSPS) is 11.0. The molecular formula is C24H17BrF4N4O4. The molecule has 0 bridgehead atoms. The molecule has 1 N–H and O–H groups in total. The number of alkyl halides is 2. The van der Waals surface area contributed by atoms with Crippen LogP contribution in [0, 0.1) is 11.6 Å². The Hall–Kier alpha value is -4.13. The number of hydrogen-bond acceptors (Lipinski definition) is 5. The molecule has 13 heteroatoms. The maximum absolute atomic E-state index is 15.1. The molecule has 2 aromatic carbocycles. The van der Waals surface area contributed by atoms with Gasteiger partial charge in [-0.2, -0.15) is 13.5 Å². The molecule has 0 radical (unpaired) electrons. The van der Waals surface area contributed by atoms with Gasteiger partial charge in [0.05, 0.1) is 12.7 Å². The number of aromatic nitrogens is 3. The zero-order valence-electron chi connectivity index (χ0n) is 19.1. The van der Waals surface area contributed by atoms with Crippen LogP contribution in [0.15, 0.2) is 64.0 Å². The van der Waals surface area contributed by atoms with E-state index in [-0.39, 0.29) is 28.6 Å². The Morgan fingerprint density at radius 1 is 1.05 bits per heavy atom. The fraction of sp³-hybridized carbons (Fsp3) is 0.125. The summed E-state index contributed by atoms with van der Waals surface area (Å²) >= 11 is 3.25. The van der Waals surface area contributed by atoms with Crippen molar-refractivity contribution in [1.82, 2.24) is 14.3 Å². The number of nitrogens with zero attached hydrogens (tertiary/aromatic N) is 3. The van der Waals surface area contributed by atoms with Gasteiger partial charge in [0, 0.05) is 35.4 Å². The van der Waals surface area contributed by atoms with Crippen LogP contribution in [0.25, 0.3) is 17.1 Å². The number of benzene rings is 2. The lowest BCUT2D eigenvalue weighted by molar-refractivity contribution is -0.0498. The van der Waals surface area contributed by atoms with Gasteiger partial charge in [0.1, 0.15) is 34.5 Å². The third kappa shape index (κ3) is 5.21. The summed E-state index contributed by atoms with van der Waals surface area (Å²) in [5.41, 5.74) is -2.16. The minimum atomic E-state index is -3.05. The molecule has 2 aromatic heterocycles. The standard InChI is InChI=1S/C24H17BrF4N4O4/c1-32-21(19-16(26)9-15(36-2)10-17(19)27)20(23(35)33(32)18-8-5-13(25)11-30-18)31-22(34)12-3-6-14(7-4-12)37-24(28)29/h3-11,24H,1-2H3,(H,31,34). The summed E-state index contributed by atoms with van der Waals surface area (Å²) in [5.74, 6) is -3.08. The molecule has 0 unspecified atom stereocenters. The van der Waals surface area contributed by atoms with E-state index in [0.717, 1.165) is 33.6 Å². The van der Waals surface area contributed by atoms with Crippen molar-refractivity contribution in [3.63, 3.8) is 0 Å². The second-order valence-electron chi connectivity index (χ2n) is 7.52. The third-order valence-corrected chi connectivity index (χ3v) is 5.73. The number of hydrogen-bond donors (Lipinski definition) is 1. The van der Waals surface area contributed by atoms with Crippen LogP contribution in [0.4, 0.5) is 23.2 Å². The molecule has 37 heavy (non-hydrogen) atoms. The largest absolute Gasteiger partial charge is 0.497 e. The summed E-state index contributed by atoms with van der Waals surface area (Å²) in [7, 11) is 2.61. The van der Waals surface area contributed by atoms with Crippen molar-refractivity contribution >= 4 is 27.5 Å². The summed E-state index contributed by atoms with van der Waals surface area (Å²) in [6.07, 6.45) is 1.42. The number of halogens is 5. The average molecular weight is 581 g/mol. The number of nitrogens with one attached hydrogen (secondary N) is 1. The molecule has 0 saturated heterocycles. The number of pyridine rings is 1. The minimum absolute atomic E-state index is 0.0280. The Balaban J connectivity index is 1.86. The lowest BCUT2D eigenvalue weighted by atomic mass is 10.1. The number of ether oxygens (including phenoxy) is 2. The van der Waals surface area contributed by atoms with Crippen molar-refractivity contribution in [3.05, 3.63) is 86.8 Å². The Morgan fingerprint density at radius 3 is 2.24 bits per heavy atom. The van der Waals surface area contributed by atoms with Gasteiger partial charge >= 0.3 is 6.61 Å². The maximum Gasteiger partial charge on any atom is 0.387 e. The van der Waals surface area contributed by atoms with Gasteiger partial charge in [0.25, 0.3) is 11.5 Å². The third-order valence-electron chi connectivity index (χ3n) is 5.26. The van der Waals surface area contributed by atoms with E-state index in [1.54, 1.807) is 6.07 Å². The Morgan fingerprint density at radius 2 is 1.70 bits per heavy atom. The molecule has 0 aliphatic heterocycles. The highest BCUT2D eigenvalue weighted by Crippen LogP contribution is 2.34. The zero-order chi connectivity index (χ0) is 26.9. The fourth-order valence-electron chi connectivity index (χ4n) is 3.62. The first-order valence-corrected chi connectivity index (χ1v) is 11.2. The van der Waals surface area contributed by atoms with Crippen molar-refractivity contribution in [2.24, 2.45) is 7.05 Å². The number of methoxy groups -OCH3 is 1. The molecule has 0 aliphatic carbocycles. The van der Waals surface area contributed by atoms with Gasteiger partial charge in [-0.3, -0.25) is 14.3 Å². The molecule has 0 spiro atoms. The highest BCUT2D eigenvalue weighted by molar-refractivity contribution is 9.10. The van der Waals surface area contributed by atoms with Crippen molar-refractivity contribution in [1.29, 1.82) is 0 Å². The lowest BCUT2D eigenvalue weighted by Gasteiger charge is -2.13. The van der Waals surface area contributed by atoms with E-state index in [1.807, 2.05) is 0 Å². The SMILES string of the molecule is COc1cc(F)c(-c2c(NC(=O)c3ccc(OC(F)F)cc3)c(=O)n(-c3ccc(Br)cn3)n2C)c(F)c1. The molecule has 0 fully saturated rings. The molecule has 8 nitrogen and oxygen atoms in total. The van der Waals surface area contributed by atoms with Crippen LogP contribution in [-0.2, 0) is 7.05 Å². The topological polar surface area (TPSA) is 87.4 Å². The molecule has 0 saturated carbocycles. The molecule has 4 rings (SSSR count). The number of carbonyl (C=O) groups excluding carboxylic acids is 1. The predicted molar refractivity (Wildman–Crippen MR) is 129 cm³/mol. The number of carbonyl (C=O) groups is 1. The highest BCUT2D eigenvalue weighted by Gasteiger charge is 2.28. The van der Waals surface area contributed by atoms with E-state index in [9.17, 15) is 18.4 Å². The van der Waals surface area contributed by atoms with Crippen LogP contribution in [0.5, 0.6) is 11.5 Å². The van der Waals surface area contributed by atoms with Gasteiger partial charge < -0.3 is 14.8 Å². The first kappa shape index (κ1) is 25.9. The van der Waals surface area contributed by atoms with Crippen LogP contribution in [0.1, 0.15) is 10.4 Å². The molecular weight excluding hydrogens is 564 g/mol. The summed E-state index contributed by atoms with van der Waals surface area (Å²) in [6, 6.07) is 9.63. The monoisotopic (exact) mass is 580 g/mol. The average Bonchev–Trinajstić information content (AvgIpc) is 3.08. The van der Waals surface area contributed by atoms with Crippen LogP contribution in [-0.4, -0.2) is 34.0 Å². The predicted octanol–water partition coefficient (Wildman–Crippen LogP) is 5.14. The summed E-state index contributed by atoms with van der Waals surface area (Å²) in [4.78, 5) is 30.6. The van der Waals surface area contributed by atoms with Crippen molar-refractivity contribution < 1.29 is 31.8 Å². The molecule has 4 aromatic rings. The number of anilines is 1. The Labute approximate surface area is 215 Å². The van der Waals surface area contributed by atoms with Gasteiger partial charge in [-0.05, 0) is 52.3 Å². The summed E-state index contributed by atoms with van der Waals surface area (Å²) in [5, 5.41) is 2.40. The molecule has 0 atom stereocenters. The Kier molecular flexibility index (Phi) is 7.34. The van der Waals surface area contributed by atoms with Crippen molar-refractivity contribution in [2.45, 2.75) is 6.61 Å². The zero-order valence-corrected chi connectivity index (χ0v) is 20.7. The van der Waals surface area contributed by atoms with Gasteiger partial charge in [0.15, 0.2) is 5.82 Å². The maximum atomic E-state index is 15.1. The molecule has 2 heterocycles. The number of amides is 1. The van der Waals surface area contributed by atoms with Gasteiger partial charge in [-0.25, -0.2) is 13.8 Å². The first-order valence-electron chi connectivity index (χ1n) is 10.4. The quantitative estimate of drug-likeness (QED) is 0.306. The van der Waals surface area contributed by atoms with E-state index in [2.05, 4.69) is 31.0 Å². The van der Waals surface area contributed by atoms with E-state index in [4.69, 9.17) is 4.74 Å². The van der Waals surface area contributed by atoms with E-state index in [0.29, 0.717) is 4.47 Å². The summed E-state index contributed by atoms with van der Waals surface area (Å²) < 4.78 is 67.0. The van der Waals surface area contributed by atoms with E-state index in [1.165, 1.54) is 38.6 Å². The first-order chi connectivity index (χ1) is 17.6. The smallest absolute Gasteiger partial charge is 0.387 e. The molecule has 1 amide bonds. The van der Waals surface area contributed by atoms with Crippen LogP contribution >= 0.6 is 15.9 Å². The fourth-order valence-corrected chi connectivity index (χ4v) is 3.86. The summed E-state index contributed by atoms with van der Waals surface area (Å²) in [6.45, 7) is -3.05. The van der Waals surface area contributed by atoms with Crippen LogP contribution in [0.3, 0.4) is 0 Å². The number of rotatable bonds is 7. The minimum Gasteiger partial charge on any atom is -0.497 e. The van der Waals surface area contributed by atoms with Gasteiger partial charge in [-0.1, -0.05) is 0 Å². The van der Waals surface area contributed by atoms with E-state index >= 15 is 8.78 Å². The second kappa shape index (κ2) is 10.5. The van der Waals surface area contributed by atoms with Crippen molar-refractivity contribution in [2.75, 3.05) is 12.4 Å². The molecule has 0 aliphatic rings. The second-order valence-corrected chi connectivity index (χ2v) is 8.44. The van der Waals surface area contributed by atoms with Gasteiger partial charge in [-0.15, -0.1) is 0 Å². The lowest BCUT2D eigenvalue weighted by Crippen LogP contribution is -2.23. The van der Waals surface area contributed by atoms with Crippen LogP contribution in [0.2, 0.25) is 0 Å². The highest BCUT2D eigenvalue weighted by atomic mass is 79.9. The van der Waals surface area contributed by atoms with E-state index < -0.39 is 41.0 Å². The molecule has 192 valence electrons. The van der Waals surface area contributed by atoms with Crippen LogP contribution < -0.4 is 20.3 Å². The van der Waals surface area contributed by atoms with Crippen molar-refractivity contribution in [3.8, 4) is 28.6 Å². The Bertz CT molecular complexity index is 1500. The van der Waals surface area contributed by atoms with Gasteiger partial charge in [0.2, 0.25) is 0 Å².